The van der Waals surface area contributed by atoms with Crippen molar-refractivity contribution >= 4 is 11.8 Å². The summed E-state index contributed by atoms with van der Waals surface area (Å²) in [6.07, 6.45) is 11.8. The first kappa shape index (κ1) is 20.0. The van der Waals surface area contributed by atoms with Crippen LogP contribution in [0.2, 0.25) is 0 Å². The van der Waals surface area contributed by atoms with Crippen LogP contribution in [0.5, 0.6) is 0 Å². The second kappa shape index (κ2) is 9.43. The van der Waals surface area contributed by atoms with Crippen LogP contribution in [0.3, 0.4) is 0 Å². The monoisotopic (exact) mass is 373 g/mol. The van der Waals surface area contributed by atoms with Crippen molar-refractivity contribution < 1.29 is 9.59 Å². The lowest BCUT2D eigenvalue weighted by Gasteiger charge is -2.28. The molecule has 1 aromatic heterocycles. The molecule has 0 spiro atoms. The Bertz CT molecular complexity index is 629. The van der Waals surface area contributed by atoms with Crippen molar-refractivity contribution in [3.05, 3.63) is 24.0 Å². The largest absolute Gasteiger partial charge is 0.353 e. The third-order valence-electron chi connectivity index (χ3n) is 6.11. The summed E-state index contributed by atoms with van der Waals surface area (Å²) < 4.78 is 2.07. The minimum absolute atomic E-state index is 0.0985. The van der Waals surface area contributed by atoms with Crippen LogP contribution in [0.15, 0.2) is 18.3 Å². The van der Waals surface area contributed by atoms with E-state index < -0.39 is 0 Å². The van der Waals surface area contributed by atoms with Crippen molar-refractivity contribution in [2.45, 2.75) is 77.3 Å². The summed E-state index contributed by atoms with van der Waals surface area (Å²) in [4.78, 5) is 29.6. The molecule has 1 aromatic rings. The van der Waals surface area contributed by atoms with E-state index in [1.165, 1.54) is 25.7 Å². The van der Waals surface area contributed by atoms with E-state index in [9.17, 15) is 9.59 Å². The minimum atomic E-state index is 0.0985. The van der Waals surface area contributed by atoms with E-state index in [1.54, 1.807) is 4.90 Å². The zero-order chi connectivity index (χ0) is 19.2. The molecular formula is C22H35N3O2. The summed E-state index contributed by atoms with van der Waals surface area (Å²) in [7, 11) is 2.01. The van der Waals surface area contributed by atoms with Crippen molar-refractivity contribution in [3.8, 4) is 0 Å². The first-order valence-electron chi connectivity index (χ1n) is 10.8. The van der Waals surface area contributed by atoms with Crippen LogP contribution in [0.1, 0.15) is 70.4 Å². The molecular weight excluding hydrogens is 338 g/mol. The number of hydrogen-bond donors (Lipinski definition) is 0. The van der Waals surface area contributed by atoms with Crippen molar-refractivity contribution in [1.29, 1.82) is 0 Å². The highest BCUT2D eigenvalue weighted by atomic mass is 16.2. The SMILES string of the molecule is CCCN(CC(=O)N(Cc1cccn1C)C1CC1)C(=O)CCC1CCCC1. The number of aryl methyl sites for hydroxylation is 1. The van der Waals surface area contributed by atoms with Gasteiger partial charge in [0.2, 0.25) is 11.8 Å². The highest BCUT2D eigenvalue weighted by Crippen LogP contribution is 2.30. The predicted octanol–water partition coefficient (Wildman–Crippen LogP) is 3.73. The maximum atomic E-state index is 13.0. The average Bonchev–Trinajstić information content (AvgIpc) is 3.19. The van der Waals surface area contributed by atoms with Crippen LogP contribution in [0.4, 0.5) is 0 Å². The van der Waals surface area contributed by atoms with Gasteiger partial charge in [0.15, 0.2) is 0 Å². The van der Waals surface area contributed by atoms with Gasteiger partial charge in [-0.05, 0) is 43.7 Å². The van der Waals surface area contributed by atoms with Gasteiger partial charge in [-0.15, -0.1) is 0 Å². The van der Waals surface area contributed by atoms with Crippen molar-refractivity contribution in [2.24, 2.45) is 13.0 Å². The van der Waals surface area contributed by atoms with Gasteiger partial charge in [0.05, 0.1) is 13.1 Å². The zero-order valence-corrected chi connectivity index (χ0v) is 17.0. The standard InChI is InChI=1S/C22H35N3O2/c1-3-14-24(21(26)13-10-18-7-4-5-8-18)17-22(27)25(19-11-12-19)16-20-9-6-15-23(20)2/h6,9,15,18-19H,3-5,7-8,10-14,16-17H2,1-2H3. The Hall–Kier alpha value is -1.78. The summed E-state index contributed by atoms with van der Waals surface area (Å²) in [5.74, 6) is 0.974. The molecule has 0 radical (unpaired) electrons. The Morgan fingerprint density at radius 1 is 1.15 bits per heavy atom. The smallest absolute Gasteiger partial charge is 0.242 e. The fraction of sp³-hybridized carbons (Fsp3) is 0.727. The highest BCUT2D eigenvalue weighted by molar-refractivity contribution is 5.85. The van der Waals surface area contributed by atoms with Crippen LogP contribution < -0.4 is 0 Å². The normalized spacial score (nSPS) is 17.3. The van der Waals surface area contributed by atoms with E-state index in [-0.39, 0.29) is 18.4 Å². The van der Waals surface area contributed by atoms with Crippen LogP contribution in [-0.2, 0) is 23.2 Å². The molecule has 0 bridgehead atoms. The molecule has 0 saturated heterocycles. The maximum Gasteiger partial charge on any atom is 0.242 e. The van der Waals surface area contributed by atoms with Gasteiger partial charge in [0, 0.05) is 37.9 Å². The van der Waals surface area contributed by atoms with Gasteiger partial charge in [0.1, 0.15) is 0 Å². The van der Waals surface area contributed by atoms with Crippen LogP contribution in [-0.4, -0.2) is 45.3 Å². The summed E-state index contributed by atoms with van der Waals surface area (Å²) in [5.41, 5.74) is 1.14. The second-order valence-electron chi connectivity index (χ2n) is 8.37. The van der Waals surface area contributed by atoms with Crippen LogP contribution >= 0.6 is 0 Å². The van der Waals surface area contributed by atoms with Gasteiger partial charge >= 0.3 is 0 Å². The molecule has 2 amide bonds. The number of hydrogen-bond acceptors (Lipinski definition) is 2. The molecule has 5 heteroatoms. The van der Waals surface area contributed by atoms with Crippen LogP contribution in [0.25, 0.3) is 0 Å². The molecule has 1 heterocycles. The van der Waals surface area contributed by atoms with E-state index >= 15 is 0 Å². The number of nitrogens with zero attached hydrogens (tertiary/aromatic N) is 3. The molecule has 0 aromatic carbocycles. The molecule has 2 saturated carbocycles. The van der Waals surface area contributed by atoms with Crippen molar-refractivity contribution in [2.75, 3.05) is 13.1 Å². The Labute approximate surface area is 163 Å². The lowest BCUT2D eigenvalue weighted by molar-refractivity contribution is -0.141. The fourth-order valence-electron chi connectivity index (χ4n) is 4.24. The molecule has 3 rings (SSSR count). The molecule has 0 atom stereocenters. The Morgan fingerprint density at radius 3 is 2.48 bits per heavy atom. The third kappa shape index (κ3) is 5.60. The number of amides is 2. The number of carbonyl (C=O) groups excluding carboxylic acids is 2. The Morgan fingerprint density at radius 2 is 1.89 bits per heavy atom. The lowest BCUT2D eigenvalue weighted by Crippen LogP contribution is -2.44. The molecule has 27 heavy (non-hydrogen) atoms. The minimum Gasteiger partial charge on any atom is -0.353 e. The van der Waals surface area contributed by atoms with Gasteiger partial charge in [-0.2, -0.15) is 0 Å². The number of carbonyl (C=O) groups is 2. The molecule has 0 aliphatic heterocycles. The number of aromatic nitrogens is 1. The third-order valence-corrected chi connectivity index (χ3v) is 6.11. The number of rotatable bonds is 10. The lowest BCUT2D eigenvalue weighted by atomic mass is 10.0. The van der Waals surface area contributed by atoms with Gasteiger partial charge in [-0.3, -0.25) is 9.59 Å². The van der Waals surface area contributed by atoms with E-state index in [1.807, 2.05) is 24.2 Å². The van der Waals surface area contributed by atoms with E-state index in [4.69, 9.17) is 0 Å². The molecule has 2 aliphatic carbocycles. The van der Waals surface area contributed by atoms with Crippen molar-refractivity contribution in [3.63, 3.8) is 0 Å². The van der Waals surface area contributed by atoms with E-state index in [2.05, 4.69) is 17.6 Å². The zero-order valence-electron chi connectivity index (χ0n) is 17.0. The first-order chi connectivity index (χ1) is 13.1. The van der Waals surface area contributed by atoms with Gasteiger partial charge < -0.3 is 14.4 Å². The highest BCUT2D eigenvalue weighted by Gasteiger charge is 2.34. The summed E-state index contributed by atoms with van der Waals surface area (Å²) in [6, 6.07) is 4.43. The summed E-state index contributed by atoms with van der Waals surface area (Å²) in [6.45, 7) is 3.63. The molecule has 0 unspecified atom stereocenters. The molecule has 150 valence electrons. The van der Waals surface area contributed by atoms with Gasteiger partial charge in [-0.25, -0.2) is 0 Å². The first-order valence-corrected chi connectivity index (χ1v) is 10.8. The fourth-order valence-corrected chi connectivity index (χ4v) is 4.24. The summed E-state index contributed by atoms with van der Waals surface area (Å²) >= 11 is 0. The quantitative estimate of drug-likeness (QED) is 0.627. The van der Waals surface area contributed by atoms with Crippen LogP contribution in [0, 0.1) is 5.92 Å². The average molecular weight is 374 g/mol. The predicted molar refractivity (Wildman–Crippen MR) is 107 cm³/mol. The van der Waals surface area contributed by atoms with E-state index in [0.717, 1.165) is 31.4 Å². The maximum absolute atomic E-state index is 13.0. The Kier molecular flexibility index (Phi) is 6.97. The second-order valence-corrected chi connectivity index (χ2v) is 8.37. The van der Waals surface area contributed by atoms with Gasteiger partial charge in [0.25, 0.3) is 0 Å². The molecule has 2 fully saturated rings. The van der Waals surface area contributed by atoms with Crippen molar-refractivity contribution in [1.82, 2.24) is 14.4 Å². The molecule has 0 N–H and O–H groups in total. The van der Waals surface area contributed by atoms with Gasteiger partial charge in [-0.1, -0.05) is 32.6 Å². The Balaban J connectivity index is 1.56. The molecule has 5 nitrogen and oxygen atoms in total. The topological polar surface area (TPSA) is 45.6 Å². The molecule has 2 aliphatic rings. The summed E-state index contributed by atoms with van der Waals surface area (Å²) in [5, 5.41) is 0. The van der Waals surface area contributed by atoms with E-state index in [0.29, 0.717) is 31.5 Å².